The standard InChI is InChI=1S/C19H17BrClN3O3/c20-13-6-7-16-15(10-13)18(26)24(19(27)23-16)8-2-5-17(25)22-11-12-3-1-4-14(21)9-12/h1,3-4,6-7,9-10H,2,5,8,11H2,(H,22,25)(H,23,27). The van der Waals surface area contributed by atoms with Crippen molar-refractivity contribution < 1.29 is 4.79 Å². The maximum atomic E-state index is 12.5. The molecule has 1 amide bonds. The van der Waals surface area contributed by atoms with Crippen LogP contribution in [0.25, 0.3) is 10.9 Å². The second-order valence-electron chi connectivity index (χ2n) is 6.09. The summed E-state index contributed by atoms with van der Waals surface area (Å²) in [4.78, 5) is 39.4. The molecule has 0 saturated heterocycles. The Labute approximate surface area is 168 Å². The molecule has 2 aromatic carbocycles. The van der Waals surface area contributed by atoms with Crippen LogP contribution in [0.1, 0.15) is 18.4 Å². The molecule has 27 heavy (non-hydrogen) atoms. The van der Waals surface area contributed by atoms with Crippen molar-refractivity contribution in [3.8, 4) is 0 Å². The molecule has 0 spiro atoms. The average Bonchev–Trinajstić information content (AvgIpc) is 2.63. The topological polar surface area (TPSA) is 84.0 Å². The van der Waals surface area contributed by atoms with E-state index in [9.17, 15) is 14.4 Å². The molecule has 0 aliphatic rings. The molecule has 6 nitrogen and oxygen atoms in total. The second kappa shape index (κ2) is 8.54. The van der Waals surface area contributed by atoms with E-state index in [2.05, 4.69) is 26.2 Å². The largest absolute Gasteiger partial charge is 0.352 e. The summed E-state index contributed by atoms with van der Waals surface area (Å²) in [7, 11) is 0. The van der Waals surface area contributed by atoms with Crippen molar-refractivity contribution in [2.75, 3.05) is 0 Å². The molecule has 140 valence electrons. The average molecular weight is 451 g/mol. The van der Waals surface area contributed by atoms with Crippen LogP contribution in [0.15, 0.2) is 56.5 Å². The lowest BCUT2D eigenvalue weighted by atomic mass is 10.2. The molecule has 3 rings (SSSR count). The number of carbonyl (C=O) groups is 1. The minimum atomic E-state index is -0.478. The van der Waals surface area contributed by atoms with Gasteiger partial charge in [-0.2, -0.15) is 0 Å². The molecule has 0 aliphatic carbocycles. The third-order valence-corrected chi connectivity index (χ3v) is 4.84. The Kier molecular flexibility index (Phi) is 6.13. The number of carbonyl (C=O) groups excluding carboxylic acids is 1. The van der Waals surface area contributed by atoms with Crippen LogP contribution < -0.4 is 16.6 Å². The zero-order valence-electron chi connectivity index (χ0n) is 14.3. The Hall–Kier alpha value is -2.38. The van der Waals surface area contributed by atoms with Gasteiger partial charge in [0.2, 0.25) is 5.91 Å². The highest BCUT2D eigenvalue weighted by molar-refractivity contribution is 9.10. The number of halogens is 2. The molecular weight excluding hydrogens is 434 g/mol. The molecule has 0 saturated carbocycles. The van der Waals surface area contributed by atoms with Crippen molar-refractivity contribution >= 4 is 44.3 Å². The molecule has 0 radical (unpaired) electrons. The molecule has 0 fully saturated rings. The third-order valence-electron chi connectivity index (χ3n) is 4.11. The van der Waals surface area contributed by atoms with Crippen LogP contribution in [0.4, 0.5) is 0 Å². The molecule has 1 aromatic heterocycles. The summed E-state index contributed by atoms with van der Waals surface area (Å²) < 4.78 is 1.88. The number of nitrogens with one attached hydrogen (secondary N) is 2. The van der Waals surface area contributed by atoms with Crippen molar-refractivity contribution in [2.45, 2.75) is 25.9 Å². The zero-order chi connectivity index (χ0) is 19.4. The summed E-state index contributed by atoms with van der Waals surface area (Å²) in [6.07, 6.45) is 0.590. The number of hydrogen-bond donors (Lipinski definition) is 2. The molecule has 0 atom stereocenters. The number of benzene rings is 2. The van der Waals surface area contributed by atoms with Crippen molar-refractivity contribution in [1.29, 1.82) is 0 Å². The molecule has 0 bridgehead atoms. The van der Waals surface area contributed by atoms with Crippen molar-refractivity contribution in [1.82, 2.24) is 14.9 Å². The predicted molar refractivity (Wildman–Crippen MR) is 109 cm³/mol. The Morgan fingerprint density at radius 1 is 1.19 bits per heavy atom. The second-order valence-corrected chi connectivity index (χ2v) is 7.44. The number of H-pyrrole nitrogens is 1. The number of rotatable bonds is 6. The minimum Gasteiger partial charge on any atom is -0.352 e. The first-order valence-corrected chi connectivity index (χ1v) is 9.54. The first-order valence-electron chi connectivity index (χ1n) is 8.37. The third kappa shape index (κ3) is 4.87. The van der Waals surface area contributed by atoms with Crippen molar-refractivity contribution in [2.24, 2.45) is 0 Å². The minimum absolute atomic E-state index is 0.150. The number of nitrogens with zero attached hydrogens (tertiary/aromatic N) is 1. The highest BCUT2D eigenvalue weighted by atomic mass is 79.9. The fourth-order valence-electron chi connectivity index (χ4n) is 2.76. The smallest absolute Gasteiger partial charge is 0.328 e. The van der Waals surface area contributed by atoms with E-state index in [1.165, 1.54) is 0 Å². The number of aromatic nitrogens is 2. The van der Waals surface area contributed by atoms with Gasteiger partial charge < -0.3 is 10.3 Å². The van der Waals surface area contributed by atoms with Gasteiger partial charge in [0.1, 0.15) is 0 Å². The Bertz CT molecular complexity index is 1110. The first-order chi connectivity index (χ1) is 12.9. The molecule has 1 heterocycles. The zero-order valence-corrected chi connectivity index (χ0v) is 16.6. The normalized spacial score (nSPS) is 10.9. The van der Waals surface area contributed by atoms with Crippen LogP contribution in [0, 0.1) is 0 Å². The van der Waals surface area contributed by atoms with Crippen LogP contribution >= 0.6 is 27.5 Å². The molecule has 2 N–H and O–H groups in total. The molecular formula is C19H17BrClN3O3. The molecule has 3 aromatic rings. The van der Waals surface area contributed by atoms with Gasteiger partial charge in [-0.3, -0.25) is 14.2 Å². The number of fused-ring (bicyclic) bond motifs is 1. The SMILES string of the molecule is O=C(CCCn1c(=O)[nH]c2ccc(Br)cc2c1=O)NCc1cccc(Cl)c1. The van der Waals surface area contributed by atoms with Gasteiger partial charge in [0.05, 0.1) is 10.9 Å². The quantitative estimate of drug-likeness (QED) is 0.605. The van der Waals surface area contributed by atoms with Crippen LogP contribution in [0.2, 0.25) is 5.02 Å². The summed E-state index contributed by atoms with van der Waals surface area (Å²) in [5.74, 6) is -0.150. The highest BCUT2D eigenvalue weighted by Crippen LogP contribution is 2.14. The summed E-state index contributed by atoms with van der Waals surface area (Å²) in [6.45, 7) is 0.547. The van der Waals surface area contributed by atoms with Crippen LogP contribution in [-0.4, -0.2) is 15.5 Å². The van der Waals surface area contributed by atoms with Crippen LogP contribution in [-0.2, 0) is 17.9 Å². The molecule has 8 heteroatoms. The van der Waals surface area contributed by atoms with E-state index in [1.54, 1.807) is 30.3 Å². The van der Waals surface area contributed by atoms with Gasteiger partial charge >= 0.3 is 5.69 Å². The molecule has 0 aliphatic heterocycles. The van der Waals surface area contributed by atoms with Gasteiger partial charge in [0, 0.05) is 29.0 Å². The summed E-state index contributed by atoms with van der Waals surface area (Å²) in [6, 6.07) is 12.3. The van der Waals surface area contributed by atoms with E-state index in [0.717, 1.165) is 14.6 Å². The number of hydrogen-bond acceptors (Lipinski definition) is 3. The summed E-state index contributed by atoms with van der Waals surface area (Å²) >= 11 is 9.23. The van der Waals surface area contributed by atoms with Gasteiger partial charge in [0.15, 0.2) is 0 Å². The van der Waals surface area contributed by atoms with E-state index < -0.39 is 5.69 Å². The van der Waals surface area contributed by atoms with Gasteiger partial charge in [-0.05, 0) is 42.3 Å². The highest BCUT2D eigenvalue weighted by Gasteiger charge is 2.09. The van der Waals surface area contributed by atoms with E-state index in [4.69, 9.17) is 11.6 Å². The first kappa shape index (κ1) is 19.4. The van der Waals surface area contributed by atoms with E-state index in [1.807, 2.05) is 12.1 Å². The Balaban J connectivity index is 1.61. The summed E-state index contributed by atoms with van der Waals surface area (Å²) in [5.41, 5.74) is 0.552. The predicted octanol–water partition coefficient (Wildman–Crippen LogP) is 3.20. The van der Waals surface area contributed by atoms with Gasteiger partial charge in [-0.1, -0.05) is 39.7 Å². The van der Waals surface area contributed by atoms with Crippen molar-refractivity contribution in [3.05, 3.63) is 78.4 Å². The van der Waals surface area contributed by atoms with Gasteiger partial charge in [-0.15, -0.1) is 0 Å². The fourth-order valence-corrected chi connectivity index (χ4v) is 3.33. The monoisotopic (exact) mass is 449 g/mol. The number of amides is 1. The Morgan fingerprint density at radius 2 is 2.00 bits per heavy atom. The lowest BCUT2D eigenvalue weighted by molar-refractivity contribution is -0.121. The lowest BCUT2D eigenvalue weighted by Crippen LogP contribution is -2.35. The van der Waals surface area contributed by atoms with Gasteiger partial charge in [0.25, 0.3) is 5.56 Å². The summed E-state index contributed by atoms with van der Waals surface area (Å²) in [5, 5.41) is 3.84. The van der Waals surface area contributed by atoms with Crippen LogP contribution in [0.5, 0.6) is 0 Å². The van der Waals surface area contributed by atoms with Crippen LogP contribution in [0.3, 0.4) is 0 Å². The van der Waals surface area contributed by atoms with Crippen molar-refractivity contribution in [3.63, 3.8) is 0 Å². The Morgan fingerprint density at radius 3 is 2.78 bits per heavy atom. The fraction of sp³-hybridized carbons (Fsp3) is 0.211. The maximum absolute atomic E-state index is 12.5. The maximum Gasteiger partial charge on any atom is 0.328 e. The van der Waals surface area contributed by atoms with E-state index in [0.29, 0.717) is 28.9 Å². The lowest BCUT2D eigenvalue weighted by Gasteiger charge is -2.08. The molecule has 0 unspecified atom stereocenters. The van der Waals surface area contributed by atoms with Gasteiger partial charge in [-0.25, -0.2) is 4.79 Å². The van der Waals surface area contributed by atoms with E-state index >= 15 is 0 Å². The van der Waals surface area contributed by atoms with E-state index in [-0.39, 0.29) is 24.4 Å². The number of aromatic amines is 1.